The van der Waals surface area contributed by atoms with Crippen LogP contribution >= 0.6 is 11.8 Å². The van der Waals surface area contributed by atoms with Gasteiger partial charge in [-0.1, -0.05) is 12.8 Å². The highest BCUT2D eigenvalue weighted by Crippen LogP contribution is 2.04. The summed E-state index contributed by atoms with van der Waals surface area (Å²) in [7, 11) is 0. The van der Waals surface area contributed by atoms with Gasteiger partial charge < -0.3 is 10.6 Å². The summed E-state index contributed by atoms with van der Waals surface area (Å²) in [5.74, 6) is 1.77. The molecule has 1 heterocycles. The number of nitrogens with one attached hydrogen (secondary N) is 2. The fourth-order valence-corrected chi connectivity index (χ4v) is 2.24. The molecule has 0 aliphatic carbocycles. The van der Waals surface area contributed by atoms with Gasteiger partial charge in [0, 0.05) is 13.1 Å². The topological polar surface area (TPSA) is 66.9 Å². The van der Waals surface area contributed by atoms with E-state index in [1.807, 2.05) is 18.7 Å². The average Bonchev–Trinajstić information content (AvgIpc) is 2.47. The monoisotopic (exact) mass is 296 g/mol. The lowest BCUT2D eigenvalue weighted by molar-refractivity contribution is 0.0947. The third kappa shape index (κ3) is 6.75. The van der Waals surface area contributed by atoms with E-state index in [-0.39, 0.29) is 5.91 Å². The molecule has 0 saturated carbocycles. The summed E-state index contributed by atoms with van der Waals surface area (Å²) < 4.78 is 0. The number of carbonyl (C=O) groups excluding carboxylic acids is 1. The SMILES string of the molecule is CCNc1ccc(C(=O)NCCCCCCSC)nn1. The zero-order chi connectivity index (χ0) is 14.6. The van der Waals surface area contributed by atoms with Crippen molar-refractivity contribution in [3.05, 3.63) is 17.8 Å². The number of anilines is 1. The van der Waals surface area contributed by atoms with Gasteiger partial charge in [0.05, 0.1) is 0 Å². The number of carbonyl (C=O) groups is 1. The minimum Gasteiger partial charge on any atom is -0.369 e. The molecule has 1 aromatic rings. The first-order chi connectivity index (χ1) is 9.77. The summed E-state index contributed by atoms with van der Waals surface area (Å²) in [4.78, 5) is 11.8. The van der Waals surface area contributed by atoms with Crippen molar-refractivity contribution >= 4 is 23.5 Å². The van der Waals surface area contributed by atoms with Gasteiger partial charge in [-0.25, -0.2) is 0 Å². The average molecular weight is 296 g/mol. The first kappa shape index (κ1) is 16.8. The fourth-order valence-electron chi connectivity index (χ4n) is 1.75. The second kappa shape index (κ2) is 10.5. The van der Waals surface area contributed by atoms with E-state index in [0.717, 1.165) is 19.4 Å². The van der Waals surface area contributed by atoms with Crippen molar-refractivity contribution in [1.29, 1.82) is 0 Å². The van der Waals surface area contributed by atoms with Gasteiger partial charge in [-0.2, -0.15) is 11.8 Å². The highest BCUT2D eigenvalue weighted by atomic mass is 32.2. The van der Waals surface area contributed by atoms with Gasteiger partial charge in [0.25, 0.3) is 5.91 Å². The normalized spacial score (nSPS) is 10.3. The zero-order valence-electron chi connectivity index (χ0n) is 12.3. The molecular weight excluding hydrogens is 272 g/mol. The summed E-state index contributed by atoms with van der Waals surface area (Å²) in [6, 6.07) is 3.46. The number of rotatable bonds is 10. The molecule has 1 aromatic heterocycles. The third-order valence-electron chi connectivity index (χ3n) is 2.82. The maximum atomic E-state index is 11.8. The summed E-state index contributed by atoms with van der Waals surface area (Å²) in [5, 5.41) is 13.8. The van der Waals surface area contributed by atoms with Gasteiger partial charge >= 0.3 is 0 Å². The second-order valence-electron chi connectivity index (χ2n) is 4.50. The van der Waals surface area contributed by atoms with Crippen LogP contribution in [0, 0.1) is 0 Å². The van der Waals surface area contributed by atoms with Crippen LogP contribution in [0.25, 0.3) is 0 Å². The highest BCUT2D eigenvalue weighted by molar-refractivity contribution is 7.98. The molecule has 6 heteroatoms. The Morgan fingerprint density at radius 2 is 2.00 bits per heavy atom. The number of hydrogen-bond donors (Lipinski definition) is 2. The molecule has 0 atom stereocenters. The maximum absolute atomic E-state index is 11.8. The molecule has 1 amide bonds. The van der Waals surface area contributed by atoms with E-state index in [2.05, 4.69) is 27.1 Å². The Hall–Kier alpha value is -1.30. The molecule has 0 radical (unpaired) electrons. The van der Waals surface area contributed by atoms with Crippen molar-refractivity contribution in [3.63, 3.8) is 0 Å². The predicted molar refractivity (Wildman–Crippen MR) is 85.4 cm³/mol. The Bertz CT molecular complexity index is 383. The molecule has 2 N–H and O–H groups in total. The van der Waals surface area contributed by atoms with Crippen LogP contribution in [0.2, 0.25) is 0 Å². The van der Waals surface area contributed by atoms with Gasteiger partial charge in [-0.3, -0.25) is 4.79 Å². The van der Waals surface area contributed by atoms with Gasteiger partial charge in [-0.15, -0.1) is 10.2 Å². The molecule has 0 saturated heterocycles. The highest BCUT2D eigenvalue weighted by Gasteiger charge is 2.06. The quantitative estimate of drug-likeness (QED) is 0.650. The molecule has 20 heavy (non-hydrogen) atoms. The molecule has 0 aliphatic rings. The number of amides is 1. The van der Waals surface area contributed by atoms with E-state index in [1.165, 1.54) is 18.6 Å². The van der Waals surface area contributed by atoms with E-state index in [1.54, 1.807) is 12.1 Å². The zero-order valence-corrected chi connectivity index (χ0v) is 13.1. The van der Waals surface area contributed by atoms with Crippen molar-refractivity contribution in [2.45, 2.75) is 32.6 Å². The van der Waals surface area contributed by atoms with Crippen LogP contribution in [-0.2, 0) is 0 Å². The van der Waals surface area contributed by atoms with E-state index < -0.39 is 0 Å². The second-order valence-corrected chi connectivity index (χ2v) is 5.48. The van der Waals surface area contributed by atoms with E-state index in [4.69, 9.17) is 0 Å². The van der Waals surface area contributed by atoms with E-state index >= 15 is 0 Å². The number of nitrogens with zero attached hydrogens (tertiary/aromatic N) is 2. The largest absolute Gasteiger partial charge is 0.369 e. The van der Waals surface area contributed by atoms with Crippen LogP contribution in [0.4, 0.5) is 5.82 Å². The fraction of sp³-hybridized carbons (Fsp3) is 0.643. The molecule has 0 unspecified atom stereocenters. The maximum Gasteiger partial charge on any atom is 0.271 e. The van der Waals surface area contributed by atoms with Crippen molar-refractivity contribution < 1.29 is 4.79 Å². The van der Waals surface area contributed by atoms with Gasteiger partial charge in [0.15, 0.2) is 5.69 Å². The molecule has 0 aliphatic heterocycles. The Labute approximate surface area is 125 Å². The van der Waals surface area contributed by atoms with Crippen LogP contribution in [0.5, 0.6) is 0 Å². The molecule has 0 aromatic carbocycles. The number of hydrogen-bond acceptors (Lipinski definition) is 5. The number of unbranched alkanes of at least 4 members (excludes halogenated alkanes) is 3. The molecule has 1 rings (SSSR count). The van der Waals surface area contributed by atoms with Crippen molar-refractivity contribution in [2.24, 2.45) is 0 Å². The third-order valence-corrected chi connectivity index (χ3v) is 3.51. The van der Waals surface area contributed by atoms with Crippen molar-refractivity contribution in [1.82, 2.24) is 15.5 Å². The molecule has 5 nitrogen and oxygen atoms in total. The van der Waals surface area contributed by atoms with Crippen LogP contribution < -0.4 is 10.6 Å². The molecular formula is C14H24N4OS. The molecule has 0 spiro atoms. The smallest absolute Gasteiger partial charge is 0.271 e. The van der Waals surface area contributed by atoms with E-state index in [9.17, 15) is 4.79 Å². The lowest BCUT2D eigenvalue weighted by Crippen LogP contribution is -2.25. The predicted octanol–water partition coefficient (Wildman–Crippen LogP) is 2.56. The van der Waals surface area contributed by atoms with Gasteiger partial charge in [-0.05, 0) is 43.9 Å². The summed E-state index contributed by atoms with van der Waals surface area (Å²) >= 11 is 1.88. The Morgan fingerprint density at radius 3 is 2.65 bits per heavy atom. The molecule has 0 fully saturated rings. The van der Waals surface area contributed by atoms with Crippen molar-refractivity contribution in [3.8, 4) is 0 Å². The van der Waals surface area contributed by atoms with Crippen LogP contribution in [0.15, 0.2) is 12.1 Å². The molecule has 112 valence electrons. The Balaban J connectivity index is 2.18. The summed E-state index contributed by atoms with van der Waals surface area (Å²) in [5.41, 5.74) is 0.369. The minimum atomic E-state index is -0.148. The minimum absolute atomic E-state index is 0.148. The number of aromatic nitrogens is 2. The van der Waals surface area contributed by atoms with Crippen LogP contribution in [0.1, 0.15) is 43.1 Å². The number of thioether (sulfide) groups is 1. The lowest BCUT2D eigenvalue weighted by Gasteiger charge is -2.05. The molecule has 0 bridgehead atoms. The van der Waals surface area contributed by atoms with Gasteiger partial charge in [0.2, 0.25) is 0 Å². The first-order valence-electron chi connectivity index (χ1n) is 7.12. The van der Waals surface area contributed by atoms with Gasteiger partial charge in [0.1, 0.15) is 5.82 Å². The Morgan fingerprint density at radius 1 is 1.20 bits per heavy atom. The first-order valence-corrected chi connectivity index (χ1v) is 8.52. The van der Waals surface area contributed by atoms with E-state index in [0.29, 0.717) is 18.1 Å². The lowest BCUT2D eigenvalue weighted by atomic mass is 10.2. The summed E-state index contributed by atoms with van der Waals surface area (Å²) in [6.45, 7) is 3.48. The Kier molecular flexibility index (Phi) is 8.78. The standard InChI is InChI=1S/C14H24N4OS/c1-3-15-13-9-8-12(17-18-13)14(19)16-10-6-4-5-7-11-20-2/h8-9H,3-7,10-11H2,1-2H3,(H,15,18)(H,16,19). The summed E-state index contributed by atoms with van der Waals surface area (Å²) in [6.07, 6.45) is 6.79. The van der Waals surface area contributed by atoms with Crippen molar-refractivity contribution in [2.75, 3.05) is 30.4 Å². The van der Waals surface area contributed by atoms with Crippen LogP contribution in [-0.4, -0.2) is 41.2 Å². The van der Waals surface area contributed by atoms with Crippen LogP contribution in [0.3, 0.4) is 0 Å².